The highest BCUT2D eigenvalue weighted by Crippen LogP contribution is 2.39. The molecule has 4 aromatic rings. The van der Waals surface area contributed by atoms with Gasteiger partial charge in [0.05, 0.1) is 47.4 Å². The minimum Gasteiger partial charge on any atom is -0.496 e. The Hall–Kier alpha value is -4.31. The van der Waals surface area contributed by atoms with E-state index in [9.17, 15) is 19.1 Å². The molecule has 1 fully saturated rings. The summed E-state index contributed by atoms with van der Waals surface area (Å²) in [6, 6.07) is 11.0. The van der Waals surface area contributed by atoms with Crippen molar-refractivity contribution in [2.24, 2.45) is 5.73 Å². The van der Waals surface area contributed by atoms with E-state index in [1.54, 1.807) is 30.5 Å². The summed E-state index contributed by atoms with van der Waals surface area (Å²) in [5, 5.41) is 20.6. The number of carbonyl (C=O) groups excluding carboxylic acids is 2. The molecule has 2 amide bonds. The van der Waals surface area contributed by atoms with Gasteiger partial charge in [0, 0.05) is 23.4 Å². The first-order valence-electron chi connectivity index (χ1n) is 11.9. The summed E-state index contributed by atoms with van der Waals surface area (Å²) in [6.45, 7) is 0.194. The number of aliphatic hydroxyl groups is 1. The number of methoxy groups -OCH3 is 1. The second kappa shape index (κ2) is 9.98. The van der Waals surface area contributed by atoms with E-state index in [1.165, 1.54) is 19.2 Å². The van der Waals surface area contributed by atoms with Gasteiger partial charge >= 0.3 is 0 Å². The summed E-state index contributed by atoms with van der Waals surface area (Å²) in [6.07, 6.45) is 3.34. The van der Waals surface area contributed by atoms with Gasteiger partial charge in [0.1, 0.15) is 11.6 Å². The van der Waals surface area contributed by atoms with Crippen molar-refractivity contribution in [1.29, 1.82) is 0 Å². The topological polar surface area (TPSA) is 143 Å². The van der Waals surface area contributed by atoms with Crippen molar-refractivity contribution in [3.05, 3.63) is 76.9 Å². The highest BCUT2D eigenvalue weighted by Gasteiger charge is 2.30. The molecule has 0 saturated heterocycles. The molecule has 2 unspecified atom stereocenters. The molecule has 37 heavy (non-hydrogen) atoms. The highest BCUT2D eigenvalue weighted by atomic mass is 19.1. The van der Waals surface area contributed by atoms with Crippen LogP contribution in [0, 0.1) is 5.82 Å². The molecule has 2 atom stereocenters. The van der Waals surface area contributed by atoms with Crippen LogP contribution in [0.15, 0.2) is 48.7 Å². The Morgan fingerprint density at radius 3 is 2.68 bits per heavy atom. The van der Waals surface area contributed by atoms with Gasteiger partial charge < -0.3 is 20.9 Å². The van der Waals surface area contributed by atoms with Crippen LogP contribution in [-0.4, -0.2) is 45.3 Å². The number of primary amides is 1. The third-order valence-corrected chi connectivity index (χ3v) is 6.76. The number of fused-ring (bicyclic) bond motifs is 1. The van der Waals surface area contributed by atoms with Crippen molar-refractivity contribution in [1.82, 2.24) is 20.5 Å². The number of nitrogens with one attached hydrogen (secondary N) is 2. The van der Waals surface area contributed by atoms with Crippen LogP contribution in [0.4, 0.5) is 4.39 Å². The predicted octanol–water partition coefficient (Wildman–Crippen LogP) is 3.43. The van der Waals surface area contributed by atoms with Crippen LogP contribution in [0.1, 0.15) is 57.2 Å². The lowest BCUT2D eigenvalue weighted by molar-refractivity contribution is 0.0946. The molecule has 9 nitrogen and oxygen atoms in total. The minimum atomic E-state index is -0.630. The maximum Gasteiger partial charge on any atom is 0.255 e. The Balaban J connectivity index is 1.43. The maximum atomic E-state index is 13.6. The molecule has 2 aromatic heterocycles. The van der Waals surface area contributed by atoms with Gasteiger partial charge in [-0.25, -0.2) is 4.39 Å². The summed E-state index contributed by atoms with van der Waals surface area (Å²) in [5.74, 6) is -1.31. The number of carbonyl (C=O) groups is 2. The van der Waals surface area contributed by atoms with Gasteiger partial charge in [-0.3, -0.25) is 19.7 Å². The zero-order valence-corrected chi connectivity index (χ0v) is 20.1. The number of halogens is 1. The molecule has 1 aliphatic carbocycles. The van der Waals surface area contributed by atoms with Crippen LogP contribution < -0.4 is 15.8 Å². The minimum absolute atomic E-state index is 0.0464. The molecule has 0 spiro atoms. The fourth-order valence-electron chi connectivity index (χ4n) is 4.91. The standard InChI is InChI=1S/C27H26FN5O4/c1-37-21-9-7-17(28)11-19(21)27(36)30-12-14-2-4-15(5-3-14)24-22(26(29)35)25-20(13-31-33-25)23(32-24)16-6-8-18(34)10-16/h2-5,7,9,11,13,16,18,34H,6,8,10,12H2,1H3,(H2,29,35)(H,30,36)(H,31,33). The molecule has 10 heteroatoms. The summed E-state index contributed by atoms with van der Waals surface area (Å²) < 4.78 is 18.8. The molecule has 5 rings (SSSR count). The number of nitrogens with zero attached hydrogens (tertiary/aromatic N) is 2. The second-order valence-electron chi connectivity index (χ2n) is 9.13. The molecule has 190 valence electrons. The first kappa shape index (κ1) is 24.4. The number of amides is 2. The average Bonchev–Trinajstić information content (AvgIpc) is 3.55. The quantitative estimate of drug-likeness (QED) is 0.304. The van der Waals surface area contributed by atoms with Crippen molar-refractivity contribution in [3.8, 4) is 17.0 Å². The number of aromatic amines is 1. The van der Waals surface area contributed by atoms with Crippen LogP contribution in [0.2, 0.25) is 0 Å². The molecular formula is C27H26FN5O4. The lowest BCUT2D eigenvalue weighted by atomic mass is 9.95. The molecule has 5 N–H and O–H groups in total. The van der Waals surface area contributed by atoms with Crippen LogP contribution >= 0.6 is 0 Å². The van der Waals surface area contributed by atoms with E-state index in [0.717, 1.165) is 29.1 Å². The number of rotatable bonds is 7. The lowest BCUT2D eigenvalue weighted by Gasteiger charge is -2.16. The molecule has 1 aliphatic rings. The molecule has 1 saturated carbocycles. The average molecular weight is 504 g/mol. The van der Waals surface area contributed by atoms with Crippen molar-refractivity contribution >= 4 is 22.7 Å². The normalized spacial score (nSPS) is 17.2. The number of H-pyrrole nitrogens is 1. The van der Waals surface area contributed by atoms with E-state index < -0.39 is 17.6 Å². The molecule has 0 aliphatic heterocycles. The largest absolute Gasteiger partial charge is 0.496 e. The molecule has 2 heterocycles. The van der Waals surface area contributed by atoms with Gasteiger partial charge in [-0.05, 0) is 43.0 Å². The molecule has 0 bridgehead atoms. The summed E-state index contributed by atoms with van der Waals surface area (Å²) in [7, 11) is 1.41. The number of nitrogens with two attached hydrogens (primary N) is 1. The summed E-state index contributed by atoms with van der Waals surface area (Å²) >= 11 is 0. The SMILES string of the molecule is COc1ccc(F)cc1C(=O)NCc1ccc(-c2nc(C3CCC(O)C3)c3cn[nH]c3c2C(N)=O)cc1. The Kier molecular flexibility index (Phi) is 6.58. The number of pyridine rings is 1. The number of ether oxygens (including phenoxy) is 1. The van der Waals surface area contributed by atoms with Crippen molar-refractivity contribution in [2.45, 2.75) is 37.8 Å². The van der Waals surface area contributed by atoms with Crippen LogP contribution in [-0.2, 0) is 6.54 Å². The van der Waals surface area contributed by atoms with Crippen LogP contribution in [0.5, 0.6) is 5.75 Å². The zero-order valence-electron chi connectivity index (χ0n) is 20.1. The van der Waals surface area contributed by atoms with E-state index in [-0.39, 0.29) is 35.4 Å². The third kappa shape index (κ3) is 4.75. The van der Waals surface area contributed by atoms with Gasteiger partial charge in [0.15, 0.2) is 0 Å². The maximum absolute atomic E-state index is 13.6. The van der Waals surface area contributed by atoms with E-state index >= 15 is 0 Å². The van der Waals surface area contributed by atoms with Crippen molar-refractivity contribution in [2.75, 3.05) is 7.11 Å². The van der Waals surface area contributed by atoms with Gasteiger partial charge in [0.25, 0.3) is 11.8 Å². The summed E-state index contributed by atoms with van der Waals surface area (Å²) in [5.41, 5.74) is 9.29. The van der Waals surface area contributed by atoms with Gasteiger partial charge in [-0.15, -0.1) is 0 Å². The zero-order chi connectivity index (χ0) is 26.1. The number of hydrogen-bond acceptors (Lipinski definition) is 6. The van der Waals surface area contributed by atoms with Crippen LogP contribution in [0.25, 0.3) is 22.2 Å². The van der Waals surface area contributed by atoms with Gasteiger partial charge in [0.2, 0.25) is 0 Å². The van der Waals surface area contributed by atoms with E-state index in [1.807, 2.05) is 0 Å². The number of benzene rings is 2. The van der Waals surface area contributed by atoms with E-state index in [4.69, 9.17) is 15.5 Å². The Morgan fingerprint density at radius 1 is 1.22 bits per heavy atom. The first-order chi connectivity index (χ1) is 17.9. The predicted molar refractivity (Wildman–Crippen MR) is 135 cm³/mol. The smallest absolute Gasteiger partial charge is 0.255 e. The summed E-state index contributed by atoms with van der Waals surface area (Å²) in [4.78, 5) is 29.9. The molecule has 2 aromatic carbocycles. The fourth-order valence-corrected chi connectivity index (χ4v) is 4.91. The molecule has 0 radical (unpaired) electrons. The van der Waals surface area contributed by atoms with E-state index in [2.05, 4.69) is 15.5 Å². The van der Waals surface area contributed by atoms with Crippen molar-refractivity contribution in [3.63, 3.8) is 0 Å². The Labute approximate surface area is 211 Å². The van der Waals surface area contributed by atoms with Crippen molar-refractivity contribution < 1.29 is 23.8 Å². The lowest BCUT2D eigenvalue weighted by Crippen LogP contribution is -2.23. The number of aromatic nitrogens is 3. The Morgan fingerprint density at radius 2 is 2.00 bits per heavy atom. The fraction of sp³-hybridized carbons (Fsp3) is 0.259. The van der Waals surface area contributed by atoms with Gasteiger partial charge in [-0.1, -0.05) is 24.3 Å². The number of aliphatic hydroxyl groups excluding tert-OH is 1. The van der Waals surface area contributed by atoms with Crippen LogP contribution in [0.3, 0.4) is 0 Å². The van der Waals surface area contributed by atoms with E-state index in [0.29, 0.717) is 29.6 Å². The first-order valence-corrected chi connectivity index (χ1v) is 11.9. The highest BCUT2D eigenvalue weighted by molar-refractivity contribution is 6.10. The molecular weight excluding hydrogens is 477 g/mol. The monoisotopic (exact) mass is 503 g/mol. The Bertz CT molecular complexity index is 1480. The third-order valence-electron chi connectivity index (χ3n) is 6.76. The van der Waals surface area contributed by atoms with Gasteiger partial charge in [-0.2, -0.15) is 5.10 Å². The second-order valence-corrected chi connectivity index (χ2v) is 9.13. The number of hydrogen-bond donors (Lipinski definition) is 4.